The Hall–Kier alpha value is -2.12. The van der Waals surface area contributed by atoms with E-state index >= 15 is 0 Å². The van der Waals surface area contributed by atoms with Crippen LogP contribution in [0.5, 0.6) is 0 Å². The van der Waals surface area contributed by atoms with E-state index in [1.807, 2.05) is 24.8 Å². The molecule has 0 saturated heterocycles. The SMILES string of the molecule is COCCn1nc(C(=O)Nc2ccc(SC3CCCCC3)cc2C)ccc1=O. The molecule has 0 atom stereocenters. The van der Waals surface area contributed by atoms with Crippen molar-refractivity contribution in [3.8, 4) is 0 Å². The zero-order valence-corrected chi connectivity index (χ0v) is 17.3. The highest BCUT2D eigenvalue weighted by atomic mass is 32.2. The zero-order chi connectivity index (χ0) is 19.9. The van der Waals surface area contributed by atoms with E-state index in [0.29, 0.717) is 18.4 Å². The summed E-state index contributed by atoms with van der Waals surface area (Å²) >= 11 is 1.94. The van der Waals surface area contributed by atoms with Crippen LogP contribution in [-0.2, 0) is 11.3 Å². The van der Waals surface area contributed by atoms with Gasteiger partial charge in [-0.2, -0.15) is 5.10 Å². The van der Waals surface area contributed by atoms with Crippen molar-refractivity contribution in [2.75, 3.05) is 19.0 Å². The average molecular weight is 402 g/mol. The van der Waals surface area contributed by atoms with E-state index in [2.05, 4.69) is 22.5 Å². The topological polar surface area (TPSA) is 73.2 Å². The van der Waals surface area contributed by atoms with E-state index in [1.54, 1.807) is 7.11 Å². The Morgan fingerprint density at radius 1 is 1.25 bits per heavy atom. The molecule has 1 aliphatic carbocycles. The first-order valence-corrected chi connectivity index (χ1v) is 10.6. The largest absolute Gasteiger partial charge is 0.383 e. The van der Waals surface area contributed by atoms with Crippen LogP contribution in [0.15, 0.2) is 40.0 Å². The Morgan fingerprint density at radius 2 is 2.04 bits per heavy atom. The van der Waals surface area contributed by atoms with Crippen LogP contribution in [0.4, 0.5) is 5.69 Å². The van der Waals surface area contributed by atoms with Crippen LogP contribution in [0.3, 0.4) is 0 Å². The summed E-state index contributed by atoms with van der Waals surface area (Å²) in [5, 5.41) is 7.74. The number of aryl methyl sites for hydroxylation is 1. The number of carbonyl (C=O) groups is 1. The van der Waals surface area contributed by atoms with Gasteiger partial charge in [0, 0.05) is 29.0 Å². The lowest BCUT2D eigenvalue weighted by atomic mass is 10.0. The predicted molar refractivity (Wildman–Crippen MR) is 112 cm³/mol. The molecule has 7 heteroatoms. The molecule has 1 saturated carbocycles. The maximum atomic E-state index is 12.6. The number of thioether (sulfide) groups is 1. The van der Waals surface area contributed by atoms with Crippen molar-refractivity contribution >= 4 is 23.4 Å². The molecular weight excluding hydrogens is 374 g/mol. The maximum absolute atomic E-state index is 12.6. The minimum Gasteiger partial charge on any atom is -0.383 e. The van der Waals surface area contributed by atoms with E-state index in [0.717, 1.165) is 11.3 Å². The molecule has 1 aliphatic rings. The fourth-order valence-corrected chi connectivity index (χ4v) is 4.66. The van der Waals surface area contributed by atoms with Crippen molar-refractivity contribution in [2.24, 2.45) is 0 Å². The van der Waals surface area contributed by atoms with Gasteiger partial charge >= 0.3 is 0 Å². The Balaban J connectivity index is 1.67. The summed E-state index contributed by atoms with van der Waals surface area (Å²) in [7, 11) is 1.56. The van der Waals surface area contributed by atoms with E-state index in [4.69, 9.17) is 4.74 Å². The normalized spacial score (nSPS) is 14.8. The van der Waals surface area contributed by atoms with Crippen molar-refractivity contribution in [2.45, 2.75) is 55.7 Å². The molecule has 1 aromatic heterocycles. The van der Waals surface area contributed by atoms with Gasteiger partial charge in [-0.15, -0.1) is 11.8 Å². The summed E-state index contributed by atoms with van der Waals surface area (Å²) in [4.78, 5) is 25.6. The molecule has 150 valence electrons. The number of carbonyl (C=O) groups excluding carboxylic acids is 1. The van der Waals surface area contributed by atoms with Gasteiger partial charge in [0.15, 0.2) is 0 Å². The number of hydrogen-bond donors (Lipinski definition) is 1. The van der Waals surface area contributed by atoms with E-state index in [1.165, 1.54) is 53.8 Å². The zero-order valence-electron chi connectivity index (χ0n) is 16.4. The first-order chi connectivity index (χ1) is 13.6. The van der Waals surface area contributed by atoms with Crippen LogP contribution in [0.1, 0.15) is 48.2 Å². The third-order valence-corrected chi connectivity index (χ3v) is 6.24. The molecule has 3 rings (SSSR count). The van der Waals surface area contributed by atoms with Crippen LogP contribution in [0.25, 0.3) is 0 Å². The van der Waals surface area contributed by atoms with E-state index in [9.17, 15) is 9.59 Å². The Morgan fingerprint density at radius 3 is 2.75 bits per heavy atom. The fourth-order valence-electron chi connectivity index (χ4n) is 3.32. The lowest BCUT2D eigenvalue weighted by molar-refractivity contribution is 0.101. The first kappa shape index (κ1) is 20.6. The average Bonchev–Trinajstić information content (AvgIpc) is 2.70. The minimum atomic E-state index is -0.332. The molecule has 0 spiro atoms. The summed E-state index contributed by atoms with van der Waals surface area (Å²) in [6, 6.07) is 8.94. The number of methoxy groups -OCH3 is 1. The summed E-state index contributed by atoms with van der Waals surface area (Å²) in [6.45, 7) is 2.66. The molecule has 2 aromatic rings. The molecule has 0 radical (unpaired) electrons. The third kappa shape index (κ3) is 5.45. The van der Waals surface area contributed by atoms with Crippen LogP contribution < -0.4 is 10.9 Å². The van der Waals surface area contributed by atoms with Gasteiger partial charge in [-0.05, 0) is 49.6 Å². The highest BCUT2D eigenvalue weighted by Gasteiger charge is 2.16. The van der Waals surface area contributed by atoms with Gasteiger partial charge in [0.1, 0.15) is 5.69 Å². The molecule has 1 N–H and O–H groups in total. The van der Waals surface area contributed by atoms with Gasteiger partial charge in [-0.25, -0.2) is 4.68 Å². The second-order valence-corrected chi connectivity index (χ2v) is 8.46. The predicted octanol–water partition coefficient (Wildman–Crippen LogP) is 3.88. The highest BCUT2D eigenvalue weighted by molar-refractivity contribution is 8.00. The maximum Gasteiger partial charge on any atom is 0.276 e. The molecule has 0 bridgehead atoms. The van der Waals surface area contributed by atoms with Crippen LogP contribution in [0.2, 0.25) is 0 Å². The Bertz CT molecular complexity index is 875. The molecule has 6 nitrogen and oxygen atoms in total. The monoisotopic (exact) mass is 401 g/mol. The quantitative estimate of drug-likeness (QED) is 0.762. The van der Waals surface area contributed by atoms with Gasteiger partial charge in [0.25, 0.3) is 11.5 Å². The second-order valence-electron chi connectivity index (χ2n) is 7.08. The number of aromatic nitrogens is 2. The summed E-state index contributed by atoms with van der Waals surface area (Å²) in [6.07, 6.45) is 6.57. The lowest BCUT2D eigenvalue weighted by Gasteiger charge is -2.21. The standard InChI is InChI=1S/C21H27N3O3S/c1-15-14-17(28-16-6-4-3-5-7-16)8-9-18(15)22-21(26)19-10-11-20(25)24(23-19)12-13-27-2/h8-11,14,16H,3-7,12-13H2,1-2H3,(H,22,26). The van der Waals surface area contributed by atoms with Crippen molar-refractivity contribution in [3.05, 3.63) is 51.9 Å². The third-order valence-electron chi connectivity index (χ3n) is 4.91. The van der Waals surface area contributed by atoms with Crippen molar-refractivity contribution in [3.63, 3.8) is 0 Å². The molecule has 0 aliphatic heterocycles. The van der Waals surface area contributed by atoms with Crippen molar-refractivity contribution in [1.82, 2.24) is 9.78 Å². The molecule has 1 heterocycles. The Labute approximate surface area is 169 Å². The summed E-state index contributed by atoms with van der Waals surface area (Å²) in [5.74, 6) is -0.332. The van der Waals surface area contributed by atoms with Crippen molar-refractivity contribution in [1.29, 1.82) is 0 Å². The minimum absolute atomic E-state index is 0.204. The second kappa shape index (κ2) is 9.89. The highest BCUT2D eigenvalue weighted by Crippen LogP contribution is 2.34. The van der Waals surface area contributed by atoms with Gasteiger partial charge in [0.2, 0.25) is 0 Å². The first-order valence-electron chi connectivity index (χ1n) is 9.72. The fraction of sp³-hybridized carbons (Fsp3) is 0.476. The van der Waals surface area contributed by atoms with Gasteiger partial charge in [0.05, 0.1) is 13.2 Å². The molecule has 1 aromatic carbocycles. The van der Waals surface area contributed by atoms with Gasteiger partial charge < -0.3 is 10.1 Å². The van der Waals surface area contributed by atoms with E-state index < -0.39 is 0 Å². The molecular formula is C21H27N3O3S. The molecule has 28 heavy (non-hydrogen) atoms. The molecule has 0 unspecified atom stereocenters. The summed E-state index contributed by atoms with van der Waals surface area (Å²) < 4.78 is 6.22. The number of amides is 1. The summed E-state index contributed by atoms with van der Waals surface area (Å²) in [5.41, 5.74) is 1.72. The number of nitrogens with zero attached hydrogens (tertiary/aromatic N) is 2. The van der Waals surface area contributed by atoms with Crippen LogP contribution in [0, 0.1) is 6.92 Å². The van der Waals surface area contributed by atoms with Crippen LogP contribution >= 0.6 is 11.8 Å². The van der Waals surface area contributed by atoms with E-state index in [-0.39, 0.29) is 17.2 Å². The van der Waals surface area contributed by atoms with Gasteiger partial charge in [-0.3, -0.25) is 9.59 Å². The Kier molecular flexibility index (Phi) is 7.28. The lowest BCUT2D eigenvalue weighted by Crippen LogP contribution is -2.27. The number of hydrogen-bond acceptors (Lipinski definition) is 5. The number of rotatable bonds is 7. The molecule has 1 amide bonds. The number of nitrogens with one attached hydrogen (secondary N) is 1. The van der Waals surface area contributed by atoms with Crippen LogP contribution in [-0.4, -0.2) is 34.7 Å². The number of benzene rings is 1. The number of ether oxygens (including phenoxy) is 1. The molecule has 1 fully saturated rings. The smallest absolute Gasteiger partial charge is 0.276 e. The van der Waals surface area contributed by atoms with Crippen molar-refractivity contribution < 1.29 is 9.53 Å². The van der Waals surface area contributed by atoms with Gasteiger partial charge in [-0.1, -0.05) is 19.3 Å². The number of anilines is 1.